The van der Waals surface area contributed by atoms with E-state index in [1.165, 1.54) is 6.20 Å². The van der Waals surface area contributed by atoms with Crippen LogP contribution in [0.5, 0.6) is 0 Å². The molecule has 0 bridgehead atoms. The van der Waals surface area contributed by atoms with E-state index in [0.29, 0.717) is 5.56 Å². The minimum atomic E-state index is -0.382. The molecule has 0 atom stereocenters. The van der Waals surface area contributed by atoms with E-state index in [4.69, 9.17) is 5.73 Å². The Morgan fingerprint density at radius 1 is 1.50 bits per heavy atom. The van der Waals surface area contributed by atoms with Gasteiger partial charge in [-0.1, -0.05) is 0 Å². The van der Waals surface area contributed by atoms with Crippen LogP contribution < -0.4 is 5.73 Å². The zero-order valence-electron chi connectivity index (χ0n) is 6.46. The summed E-state index contributed by atoms with van der Waals surface area (Å²) in [7, 11) is 0. The Balaban J connectivity index is 0.000000720. The van der Waals surface area contributed by atoms with Crippen LogP contribution in [0.1, 0.15) is 18.4 Å². The van der Waals surface area contributed by atoms with Crippen molar-refractivity contribution in [3.8, 4) is 0 Å². The normalized spacial score (nSPS) is 18.2. The van der Waals surface area contributed by atoms with Gasteiger partial charge in [0, 0.05) is 17.3 Å². The monoisotopic (exact) mass is 188 g/mol. The van der Waals surface area contributed by atoms with E-state index in [2.05, 4.69) is 4.98 Å². The van der Waals surface area contributed by atoms with Crippen molar-refractivity contribution in [3.05, 3.63) is 29.8 Å². The van der Waals surface area contributed by atoms with Crippen LogP contribution >= 0.6 is 12.4 Å². The fourth-order valence-corrected chi connectivity index (χ4v) is 1.18. The summed E-state index contributed by atoms with van der Waals surface area (Å²) in [5.41, 5.74) is 6.02. The Labute approximate surface area is 76.4 Å². The Morgan fingerprint density at radius 3 is 2.67 bits per heavy atom. The summed E-state index contributed by atoms with van der Waals surface area (Å²) in [5.74, 6) is -0.285. The maximum Gasteiger partial charge on any atom is 0.146 e. The molecule has 1 fully saturated rings. The summed E-state index contributed by atoms with van der Waals surface area (Å²) >= 11 is 0. The predicted molar refractivity (Wildman–Crippen MR) is 46.5 cm³/mol. The number of rotatable bonds is 1. The molecule has 0 spiro atoms. The van der Waals surface area contributed by atoms with Gasteiger partial charge in [-0.2, -0.15) is 0 Å². The van der Waals surface area contributed by atoms with E-state index < -0.39 is 0 Å². The SMILES string of the molecule is Cl.NC1(c2ccncc2F)CC1. The van der Waals surface area contributed by atoms with Crippen molar-refractivity contribution >= 4 is 12.4 Å². The van der Waals surface area contributed by atoms with Gasteiger partial charge in [0.25, 0.3) is 0 Å². The fraction of sp³-hybridized carbons (Fsp3) is 0.375. The lowest BCUT2D eigenvalue weighted by molar-refractivity contribution is 0.572. The van der Waals surface area contributed by atoms with Crippen LogP contribution in [0.25, 0.3) is 0 Å². The van der Waals surface area contributed by atoms with Crippen LogP contribution in [0, 0.1) is 5.82 Å². The Kier molecular flexibility index (Phi) is 2.35. The van der Waals surface area contributed by atoms with E-state index in [9.17, 15) is 4.39 Å². The summed E-state index contributed by atoms with van der Waals surface area (Å²) in [6.45, 7) is 0. The summed E-state index contributed by atoms with van der Waals surface area (Å²) in [5, 5.41) is 0. The van der Waals surface area contributed by atoms with Gasteiger partial charge >= 0.3 is 0 Å². The Hall–Kier alpha value is -0.670. The third-order valence-electron chi connectivity index (χ3n) is 2.10. The van der Waals surface area contributed by atoms with Crippen LogP contribution in [-0.2, 0) is 5.54 Å². The zero-order valence-corrected chi connectivity index (χ0v) is 7.27. The van der Waals surface area contributed by atoms with Gasteiger partial charge in [0.15, 0.2) is 0 Å². The standard InChI is InChI=1S/C8H9FN2.ClH/c9-7-5-11-4-1-6(7)8(10)2-3-8;/h1,4-5H,2-3,10H2;1H. The molecule has 2 nitrogen and oxygen atoms in total. The van der Waals surface area contributed by atoms with Crippen molar-refractivity contribution in [1.82, 2.24) is 4.98 Å². The van der Waals surface area contributed by atoms with Crippen LogP contribution in [0.4, 0.5) is 4.39 Å². The molecule has 4 heteroatoms. The summed E-state index contributed by atoms with van der Waals surface area (Å²) in [6.07, 6.45) is 4.55. The van der Waals surface area contributed by atoms with Gasteiger partial charge in [0.05, 0.1) is 6.20 Å². The summed E-state index contributed by atoms with van der Waals surface area (Å²) < 4.78 is 13.0. The molecule has 0 amide bonds. The van der Waals surface area contributed by atoms with Crippen LogP contribution in [0.2, 0.25) is 0 Å². The topological polar surface area (TPSA) is 38.9 Å². The highest BCUT2D eigenvalue weighted by Crippen LogP contribution is 2.43. The molecule has 0 radical (unpaired) electrons. The van der Waals surface area contributed by atoms with Gasteiger partial charge in [-0.15, -0.1) is 12.4 Å². The summed E-state index contributed by atoms with van der Waals surface area (Å²) in [4.78, 5) is 3.66. The second-order valence-corrected chi connectivity index (χ2v) is 3.01. The largest absolute Gasteiger partial charge is 0.321 e. The minimum Gasteiger partial charge on any atom is -0.321 e. The highest BCUT2D eigenvalue weighted by atomic mass is 35.5. The zero-order chi connectivity index (χ0) is 7.90. The quantitative estimate of drug-likeness (QED) is 0.727. The third kappa shape index (κ3) is 1.42. The molecule has 1 aliphatic rings. The molecular weight excluding hydrogens is 179 g/mol. The molecule has 66 valence electrons. The molecule has 1 saturated carbocycles. The van der Waals surface area contributed by atoms with Crippen LogP contribution in [0.15, 0.2) is 18.5 Å². The van der Waals surface area contributed by atoms with E-state index in [1.807, 2.05) is 0 Å². The number of nitrogens with two attached hydrogens (primary N) is 1. The van der Waals surface area contributed by atoms with E-state index in [0.717, 1.165) is 12.8 Å². The first kappa shape index (κ1) is 9.42. The Bertz CT molecular complexity index is 286. The van der Waals surface area contributed by atoms with E-state index >= 15 is 0 Å². The fourth-order valence-electron chi connectivity index (χ4n) is 1.18. The van der Waals surface area contributed by atoms with E-state index in [1.54, 1.807) is 12.3 Å². The summed E-state index contributed by atoms with van der Waals surface area (Å²) in [6, 6.07) is 1.66. The first-order valence-electron chi connectivity index (χ1n) is 3.61. The lowest BCUT2D eigenvalue weighted by Crippen LogP contribution is -2.20. The van der Waals surface area contributed by atoms with Crippen molar-refractivity contribution < 1.29 is 4.39 Å². The number of pyridine rings is 1. The molecule has 0 saturated heterocycles. The van der Waals surface area contributed by atoms with Gasteiger partial charge in [-0.3, -0.25) is 4.98 Å². The van der Waals surface area contributed by atoms with Crippen molar-refractivity contribution in [1.29, 1.82) is 0 Å². The molecule has 1 aromatic heterocycles. The molecule has 1 aliphatic carbocycles. The second kappa shape index (κ2) is 2.99. The van der Waals surface area contributed by atoms with Crippen molar-refractivity contribution in [2.45, 2.75) is 18.4 Å². The molecule has 2 rings (SSSR count). The molecule has 1 heterocycles. The van der Waals surface area contributed by atoms with Crippen molar-refractivity contribution in [3.63, 3.8) is 0 Å². The van der Waals surface area contributed by atoms with Gasteiger partial charge in [-0.25, -0.2) is 4.39 Å². The number of hydrogen-bond donors (Lipinski definition) is 1. The van der Waals surface area contributed by atoms with Crippen LogP contribution in [-0.4, -0.2) is 4.98 Å². The molecule has 1 aromatic rings. The Morgan fingerprint density at radius 2 is 2.17 bits per heavy atom. The first-order valence-corrected chi connectivity index (χ1v) is 3.61. The van der Waals surface area contributed by atoms with Gasteiger partial charge in [-0.05, 0) is 18.9 Å². The number of hydrogen-bond acceptors (Lipinski definition) is 2. The average molecular weight is 189 g/mol. The van der Waals surface area contributed by atoms with Gasteiger partial charge in [0.2, 0.25) is 0 Å². The number of halogens is 2. The maximum atomic E-state index is 13.0. The minimum absolute atomic E-state index is 0. The van der Waals surface area contributed by atoms with Gasteiger partial charge < -0.3 is 5.73 Å². The molecular formula is C8H10ClFN2. The smallest absolute Gasteiger partial charge is 0.146 e. The molecule has 0 aromatic carbocycles. The molecule has 12 heavy (non-hydrogen) atoms. The maximum absolute atomic E-state index is 13.0. The number of nitrogens with zero attached hydrogens (tertiary/aromatic N) is 1. The lowest BCUT2D eigenvalue weighted by atomic mass is 10.1. The number of aromatic nitrogens is 1. The lowest BCUT2D eigenvalue weighted by Gasteiger charge is -2.08. The predicted octanol–water partition coefficient (Wildman–Crippen LogP) is 1.59. The van der Waals surface area contributed by atoms with Crippen LogP contribution in [0.3, 0.4) is 0 Å². The molecule has 0 aliphatic heterocycles. The highest BCUT2D eigenvalue weighted by Gasteiger charge is 2.41. The first-order chi connectivity index (χ1) is 5.22. The highest BCUT2D eigenvalue weighted by molar-refractivity contribution is 5.85. The molecule has 0 unspecified atom stereocenters. The molecule has 2 N–H and O–H groups in total. The van der Waals surface area contributed by atoms with Gasteiger partial charge in [0.1, 0.15) is 5.82 Å². The van der Waals surface area contributed by atoms with Crippen molar-refractivity contribution in [2.24, 2.45) is 5.73 Å². The third-order valence-corrected chi connectivity index (χ3v) is 2.10. The van der Waals surface area contributed by atoms with Crippen molar-refractivity contribution in [2.75, 3.05) is 0 Å². The van der Waals surface area contributed by atoms with E-state index in [-0.39, 0.29) is 23.8 Å². The average Bonchev–Trinajstić information content (AvgIpc) is 2.70. The second-order valence-electron chi connectivity index (χ2n) is 3.01.